The van der Waals surface area contributed by atoms with Crippen molar-refractivity contribution in [3.63, 3.8) is 0 Å². The summed E-state index contributed by atoms with van der Waals surface area (Å²) in [6.45, 7) is 7.17. The van der Waals surface area contributed by atoms with Crippen molar-refractivity contribution in [1.29, 1.82) is 0 Å². The summed E-state index contributed by atoms with van der Waals surface area (Å²) in [4.78, 5) is 34.1. The standard InChI is InChI=1S/C22H28F2N10O2/c1-13-9-35-5-3-33(13)20-28-11-26-17(31-20)15-7-22(18(23)24,8-16(25)30-15)19-27-12-29-21(32-19)34-4-6-36-10-14(34)2/h7,11-14,18H,3-6,8-10H2,1-2H3,(H2,25,30)/t13-,14-,22?/m0/s1. The third-order valence-corrected chi connectivity index (χ3v) is 6.53. The molecule has 2 saturated heterocycles. The van der Waals surface area contributed by atoms with Crippen molar-refractivity contribution < 1.29 is 18.3 Å². The van der Waals surface area contributed by atoms with Crippen LogP contribution in [0, 0.1) is 0 Å². The molecular weight excluding hydrogens is 474 g/mol. The van der Waals surface area contributed by atoms with Crippen LogP contribution >= 0.6 is 0 Å². The summed E-state index contributed by atoms with van der Waals surface area (Å²) in [7, 11) is 0. The van der Waals surface area contributed by atoms with Gasteiger partial charge in [-0.1, -0.05) is 0 Å². The molecule has 2 aromatic heterocycles. The maximum atomic E-state index is 14.8. The van der Waals surface area contributed by atoms with Gasteiger partial charge in [0.15, 0.2) is 5.82 Å². The molecule has 0 bridgehead atoms. The largest absolute Gasteiger partial charge is 0.387 e. The van der Waals surface area contributed by atoms with Gasteiger partial charge in [0.1, 0.15) is 35.4 Å². The molecule has 2 aromatic rings. The van der Waals surface area contributed by atoms with Crippen molar-refractivity contribution >= 4 is 23.4 Å². The minimum absolute atomic E-state index is 0.00758. The first-order valence-electron chi connectivity index (χ1n) is 11.8. The van der Waals surface area contributed by atoms with Gasteiger partial charge in [0.05, 0.1) is 38.5 Å². The molecule has 2 fully saturated rings. The third-order valence-electron chi connectivity index (χ3n) is 6.53. The smallest absolute Gasteiger partial charge is 0.255 e. The van der Waals surface area contributed by atoms with Crippen molar-refractivity contribution in [2.75, 3.05) is 49.3 Å². The van der Waals surface area contributed by atoms with Gasteiger partial charge in [-0.05, 0) is 19.9 Å². The van der Waals surface area contributed by atoms with Gasteiger partial charge in [-0.15, -0.1) is 0 Å². The zero-order chi connectivity index (χ0) is 25.3. The first kappa shape index (κ1) is 24.3. The minimum Gasteiger partial charge on any atom is -0.387 e. The zero-order valence-corrected chi connectivity index (χ0v) is 20.1. The molecule has 5 rings (SSSR count). The summed E-state index contributed by atoms with van der Waals surface area (Å²) < 4.78 is 40.6. The molecule has 36 heavy (non-hydrogen) atoms. The van der Waals surface area contributed by atoms with Crippen LogP contribution in [0.2, 0.25) is 0 Å². The van der Waals surface area contributed by atoms with Gasteiger partial charge in [0.25, 0.3) is 6.43 Å². The summed E-state index contributed by atoms with van der Waals surface area (Å²) >= 11 is 0. The number of aliphatic imine (C=N–C) groups is 1. The molecule has 14 heteroatoms. The Morgan fingerprint density at radius 2 is 1.56 bits per heavy atom. The number of rotatable bonds is 5. The van der Waals surface area contributed by atoms with Crippen LogP contribution in [-0.4, -0.2) is 93.8 Å². The molecule has 3 aliphatic heterocycles. The van der Waals surface area contributed by atoms with Crippen LogP contribution in [-0.2, 0) is 14.9 Å². The second kappa shape index (κ2) is 9.93. The molecule has 0 spiro atoms. The molecule has 0 aromatic carbocycles. The highest BCUT2D eigenvalue weighted by atomic mass is 19.3. The molecule has 12 nitrogen and oxygen atoms in total. The summed E-state index contributed by atoms with van der Waals surface area (Å²) in [6, 6.07) is 0.0427. The Bertz CT molecular complexity index is 1170. The molecular formula is C22H28F2N10O2. The van der Waals surface area contributed by atoms with Crippen LogP contribution < -0.4 is 15.5 Å². The molecule has 3 aliphatic rings. The second-order valence-electron chi connectivity index (χ2n) is 9.10. The van der Waals surface area contributed by atoms with Crippen molar-refractivity contribution in [3.8, 4) is 0 Å². The molecule has 0 amide bonds. The Kier molecular flexibility index (Phi) is 6.71. The van der Waals surface area contributed by atoms with Crippen molar-refractivity contribution in [2.45, 2.75) is 44.2 Å². The highest BCUT2D eigenvalue weighted by Gasteiger charge is 2.47. The number of nitrogens with two attached hydrogens (primary N) is 1. The van der Waals surface area contributed by atoms with Crippen LogP contribution in [0.4, 0.5) is 20.7 Å². The third kappa shape index (κ3) is 4.57. The predicted octanol–water partition coefficient (Wildman–Crippen LogP) is 0.812. The Morgan fingerprint density at radius 3 is 2.17 bits per heavy atom. The van der Waals surface area contributed by atoms with E-state index >= 15 is 0 Å². The number of nitrogens with zero attached hydrogens (tertiary/aromatic N) is 9. The van der Waals surface area contributed by atoms with Crippen molar-refractivity contribution in [2.24, 2.45) is 10.7 Å². The lowest BCUT2D eigenvalue weighted by molar-refractivity contribution is 0.0731. The van der Waals surface area contributed by atoms with Gasteiger partial charge in [-0.2, -0.15) is 9.97 Å². The van der Waals surface area contributed by atoms with Crippen LogP contribution in [0.25, 0.3) is 5.70 Å². The topological polar surface area (TPSA) is 141 Å². The minimum atomic E-state index is -2.88. The van der Waals surface area contributed by atoms with Crippen molar-refractivity contribution in [1.82, 2.24) is 29.9 Å². The molecule has 0 saturated carbocycles. The number of morpholine rings is 2. The van der Waals surface area contributed by atoms with Gasteiger partial charge in [0, 0.05) is 19.5 Å². The number of alkyl halides is 2. The Labute approximate surface area is 206 Å². The number of allylic oxidation sites excluding steroid dienone is 1. The monoisotopic (exact) mass is 502 g/mol. The SMILES string of the molecule is C[C@H]1COCCN1c1ncnc(C2=CC(c3ncnc(N4CCOC[C@@H]4C)n3)(C(F)F)CC(N)=N2)n1. The van der Waals surface area contributed by atoms with Gasteiger partial charge in [-0.25, -0.2) is 33.7 Å². The number of hydrogen-bond acceptors (Lipinski definition) is 12. The Morgan fingerprint density at radius 1 is 0.944 bits per heavy atom. The van der Waals surface area contributed by atoms with E-state index in [2.05, 4.69) is 34.9 Å². The second-order valence-corrected chi connectivity index (χ2v) is 9.10. The number of amidine groups is 1. The van der Waals surface area contributed by atoms with Gasteiger partial charge in [0.2, 0.25) is 11.9 Å². The number of aromatic nitrogens is 6. The Balaban J connectivity index is 1.54. The van der Waals surface area contributed by atoms with E-state index in [1.807, 2.05) is 23.6 Å². The fourth-order valence-electron chi connectivity index (χ4n) is 4.57. The van der Waals surface area contributed by atoms with Crippen LogP contribution in [0.3, 0.4) is 0 Å². The molecule has 2 N–H and O–H groups in total. The highest BCUT2D eigenvalue weighted by Crippen LogP contribution is 2.40. The fourth-order valence-corrected chi connectivity index (χ4v) is 4.57. The number of ether oxygens (including phenoxy) is 2. The zero-order valence-electron chi connectivity index (χ0n) is 20.1. The summed E-state index contributed by atoms with van der Waals surface area (Å²) in [5.41, 5.74) is 4.29. The van der Waals surface area contributed by atoms with E-state index in [9.17, 15) is 8.78 Å². The summed E-state index contributed by atoms with van der Waals surface area (Å²) in [5.74, 6) is 0.796. The van der Waals surface area contributed by atoms with Gasteiger partial charge >= 0.3 is 0 Å². The quantitative estimate of drug-likeness (QED) is 0.621. The van der Waals surface area contributed by atoms with E-state index in [0.717, 1.165) is 0 Å². The molecule has 0 radical (unpaired) electrons. The van der Waals surface area contributed by atoms with E-state index in [1.54, 1.807) is 0 Å². The number of anilines is 2. The maximum absolute atomic E-state index is 14.8. The van der Waals surface area contributed by atoms with E-state index in [1.165, 1.54) is 18.7 Å². The van der Waals surface area contributed by atoms with E-state index in [4.69, 9.17) is 15.2 Å². The first-order chi connectivity index (χ1) is 17.4. The molecule has 0 aliphatic carbocycles. The lowest BCUT2D eigenvalue weighted by Crippen LogP contribution is -2.46. The average molecular weight is 503 g/mol. The summed E-state index contributed by atoms with van der Waals surface area (Å²) in [5, 5.41) is 0. The highest BCUT2D eigenvalue weighted by molar-refractivity contribution is 5.90. The molecule has 192 valence electrons. The van der Waals surface area contributed by atoms with E-state index in [-0.39, 0.29) is 41.7 Å². The van der Waals surface area contributed by atoms with Crippen LogP contribution in [0.1, 0.15) is 31.9 Å². The predicted molar refractivity (Wildman–Crippen MR) is 127 cm³/mol. The van der Waals surface area contributed by atoms with Gasteiger partial charge in [-0.3, -0.25) is 0 Å². The molecule has 1 unspecified atom stereocenters. The van der Waals surface area contributed by atoms with Crippen LogP contribution in [0.15, 0.2) is 23.7 Å². The molecule has 3 atom stereocenters. The average Bonchev–Trinajstić information content (AvgIpc) is 2.89. The van der Waals surface area contributed by atoms with Crippen molar-refractivity contribution in [3.05, 3.63) is 30.4 Å². The fraction of sp³-hybridized carbons (Fsp3) is 0.591. The number of halogens is 2. The lowest BCUT2D eigenvalue weighted by atomic mass is 9.80. The van der Waals surface area contributed by atoms with E-state index < -0.39 is 11.8 Å². The Hall–Kier alpha value is -3.39. The maximum Gasteiger partial charge on any atom is 0.255 e. The summed E-state index contributed by atoms with van der Waals surface area (Å²) in [6.07, 6.45) is 0.776. The first-order valence-corrected chi connectivity index (χ1v) is 11.8. The molecule has 5 heterocycles. The normalized spacial score (nSPS) is 27.1. The van der Waals surface area contributed by atoms with E-state index in [0.29, 0.717) is 51.4 Å². The lowest BCUT2D eigenvalue weighted by Gasteiger charge is -2.35. The number of hydrogen-bond donors (Lipinski definition) is 1. The van der Waals surface area contributed by atoms with Gasteiger partial charge < -0.3 is 25.0 Å². The van der Waals surface area contributed by atoms with Crippen LogP contribution in [0.5, 0.6) is 0 Å².